The largest absolute Gasteiger partial charge is 0.396 e. The van der Waals surface area contributed by atoms with Gasteiger partial charge in [0, 0.05) is 16.0 Å². The molecule has 0 saturated carbocycles. The van der Waals surface area contributed by atoms with Gasteiger partial charge in [-0.2, -0.15) is 0 Å². The number of thiophene rings is 1. The fraction of sp³-hybridized carbons (Fsp3) is 0.200. The number of aryl methyl sites for hydroxylation is 2. The Morgan fingerprint density at radius 2 is 1.74 bits per heavy atom. The van der Waals surface area contributed by atoms with Gasteiger partial charge in [0.25, 0.3) is 0 Å². The number of anilines is 1. The minimum absolute atomic E-state index is 0.0293. The molecule has 1 amide bonds. The molecule has 0 unspecified atom stereocenters. The fourth-order valence-corrected chi connectivity index (χ4v) is 5.47. The fourth-order valence-electron chi connectivity index (χ4n) is 4.26. The summed E-state index contributed by atoms with van der Waals surface area (Å²) in [5.41, 5.74) is 16.9. The van der Waals surface area contributed by atoms with Gasteiger partial charge in [-0.05, 0) is 49.6 Å². The smallest absolute Gasteiger partial charge is 0.220 e. The number of nitrogen functional groups attached to an aromatic ring is 1. The van der Waals surface area contributed by atoms with E-state index < -0.39 is 17.8 Å². The van der Waals surface area contributed by atoms with E-state index in [0.29, 0.717) is 5.82 Å². The zero-order valence-electron chi connectivity index (χ0n) is 19.0. The SMILES string of the molecule is Cc1sc2c(c1C)C(c1ccc(-c3ccc(F)c(N)c3)cc1)=N[C@@H](CC(N)=O)c1nnc(C)n1-2. The Bertz CT molecular complexity index is 1470. The molecule has 4 N–H and O–H groups in total. The Morgan fingerprint density at radius 3 is 2.41 bits per heavy atom. The van der Waals surface area contributed by atoms with Crippen molar-refractivity contribution in [1.29, 1.82) is 0 Å². The summed E-state index contributed by atoms with van der Waals surface area (Å²) in [7, 11) is 0. The van der Waals surface area contributed by atoms with E-state index >= 15 is 0 Å². The zero-order chi connectivity index (χ0) is 24.1. The highest BCUT2D eigenvalue weighted by Gasteiger charge is 2.32. The van der Waals surface area contributed by atoms with Crippen molar-refractivity contribution in [1.82, 2.24) is 14.8 Å². The van der Waals surface area contributed by atoms with E-state index in [9.17, 15) is 9.18 Å². The van der Waals surface area contributed by atoms with Crippen LogP contribution in [0.2, 0.25) is 0 Å². The van der Waals surface area contributed by atoms with Gasteiger partial charge in [0.1, 0.15) is 22.7 Å². The maximum absolute atomic E-state index is 13.6. The second kappa shape index (κ2) is 8.18. The number of nitrogens with zero attached hydrogens (tertiary/aromatic N) is 4. The van der Waals surface area contributed by atoms with Crippen molar-refractivity contribution in [2.24, 2.45) is 10.7 Å². The van der Waals surface area contributed by atoms with E-state index in [0.717, 1.165) is 44.4 Å². The molecule has 2 aromatic heterocycles. The summed E-state index contributed by atoms with van der Waals surface area (Å²) >= 11 is 1.65. The van der Waals surface area contributed by atoms with Gasteiger partial charge in [-0.25, -0.2) is 4.39 Å². The molecule has 34 heavy (non-hydrogen) atoms. The lowest BCUT2D eigenvalue weighted by Gasteiger charge is -2.12. The highest BCUT2D eigenvalue weighted by molar-refractivity contribution is 7.15. The Balaban J connectivity index is 1.67. The van der Waals surface area contributed by atoms with Crippen LogP contribution in [0.1, 0.15) is 45.7 Å². The molecule has 1 atom stereocenters. The first-order valence-corrected chi connectivity index (χ1v) is 11.6. The lowest BCUT2D eigenvalue weighted by atomic mass is 9.97. The van der Waals surface area contributed by atoms with E-state index in [2.05, 4.69) is 24.0 Å². The molecule has 0 saturated heterocycles. The van der Waals surface area contributed by atoms with Crippen LogP contribution in [0.15, 0.2) is 47.5 Å². The summed E-state index contributed by atoms with van der Waals surface area (Å²) in [6.07, 6.45) is 0.0293. The molecule has 1 aliphatic rings. The predicted molar refractivity (Wildman–Crippen MR) is 132 cm³/mol. The molecular weight excluding hydrogens is 451 g/mol. The second-order valence-corrected chi connectivity index (χ2v) is 9.59. The number of hydrogen-bond donors (Lipinski definition) is 2. The van der Waals surface area contributed by atoms with Gasteiger partial charge in [-0.3, -0.25) is 14.4 Å². The van der Waals surface area contributed by atoms with Crippen molar-refractivity contribution in [2.75, 3.05) is 5.73 Å². The average molecular weight is 475 g/mol. The third kappa shape index (κ3) is 3.58. The molecule has 5 rings (SSSR count). The van der Waals surface area contributed by atoms with Gasteiger partial charge in [0.2, 0.25) is 5.91 Å². The third-order valence-corrected chi connectivity index (χ3v) is 7.31. The Kier molecular flexibility index (Phi) is 5.28. The van der Waals surface area contributed by atoms with Crippen molar-refractivity contribution in [2.45, 2.75) is 33.2 Å². The van der Waals surface area contributed by atoms with Crippen LogP contribution >= 0.6 is 11.3 Å². The molecule has 2 aromatic carbocycles. The van der Waals surface area contributed by atoms with Gasteiger partial charge in [-0.15, -0.1) is 21.5 Å². The number of amides is 1. The number of rotatable bonds is 4. The molecule has 0 fully saturated rings. The first-order chi connectivity index (χ1) is 16.2. The van der Waals surface area contributed by atoms with Gasteiger partial charge < -0.3 is 11.5 Å². The standard InChI is InChI=1S/C25H23FN6OS/c1-12-13(2)34-25-22(12)23(29-20(11-21(28)33)24-31-30-14(3)32(24)25)16-6-4-15(5-7-16)17-8-9-18(26)19(27)10-17/h4-10,20H,11,27H2,1-3H3,(H2,28,33)/t20-/m0/s1. The van der Waals surface area contributed by atoms with Crippen LogP contribution < -0.4 is 11.5 Å². The summed E-state index contributed by atoms with van der Waals surface area (Å²) in [6, 6.07) is 12.0. The Labute approximate surface area is 200 Å². The van der Waals surface area contributed by atoms with E-state index in [-0.39, 0.29) is 12.1 Å². The van der Waals surface area contributed by atoms with Crippen LogP contribution in [-0.2, 0) is 4.79 Å². The molecule has 0 spiro atoms. The van der Waals surface area contributed by atoms with Crippen LogP contribution in [0.3, 0.4) is 0 Å². The van der Waals surface area contributed by atoms with Crippen LogP contribution in [0.25, 0.3) is 16.1 Å². The van der Waals surface area contributed by atoms with Gasteiger partial charge in [0.15, 0.2) is 5.82 Å². The summed E-state index contributed by atoms with van der Waals surface area (Å²) in [4.78, 5) is 18.1. The number of fused-ring (bicyclic) bond motifs is 3. The van der Waals surface area contributed by atoms with Crippen LogP contribution in [0, 0.1) is 26.6 Å². The van der Waals surface area contributed by atoms with Gasteiger partial charge in [0.05, 0.1) is 17.8 Å². The first-order valence-electron chi connectivity index (χ1n) is 10.8. The molecule has 172 valence electrons. The number of benzene rings is 2. The highest BCUT2D eigenvalue weighted by atomic mass is 32.1. The number of nitrogens with two attached hydrogens (primary N) is 2. The molecule has 7 nitrogen and oxygen atoms in total. The number of hydrogen-bond acceptors (Lipinski definition) is 6. The van der Waals surface area contributed by atoms with Crippen LogP contribution in [-0.4, -0.2) is 26.4 Å². The Morgan fingerprint density at radius 1 is 1.06 bits per heavy atom. The summed E-state index contributed by atoms with van der Waals surface area (Å²) in [5.74, 6) is 0.439. The van der Waals surface area contributed by atoms with Gasteiger partial charge in [-0.1, -0.05) is 30.3 Å². The number of primary amides is 1. The lowest BCUT2D eigenvalue weighted by Crippen LogP contribution is -2.17. The molecule has 0 aliphatic carbocycles. The molecule has 0 bridgehead atoms. The summed E-state index contributed by atoms with van der Waals surface area (Å²) in [6.45, 7) is 6.04. The second-order valence-electron chi connectivity index (χ2n) is 8.38. The predicted octanol–water partition coefficient (Wildman–Crippen LogP) is 4.41. The minimum atomic E-state index is -0.551. The molecule has 3 heterocycles. The minimum Gasteiger partial charge on any atom is -0.396 e. The number of halogens is 1. The normalized spacial score (nSPS) is 14.8. The molecule has 0 radical (unpaired) electrons. The number of aliphatic imine (C=N–C) groups is 1. The van der Waals surface area contributed by atoms with Crippen molar-refractivity contribution in [3.8, 4) is 16.1 Å². The van der Waals surface area contributed by atoms with Crippen molar-refractivity contribution < 1.29 is 9.18 Å². The highest BCUT2D eigenvalue weighted by Crippen LogP contribution is 2.39. The maximum Gasteiger partial charge on any atom is 0.220 e. The first kappa shape index (κ1) is 22.0. The van der Waals surface area contributed by atoms with Crippen LogP contribution in [0.4, 0.5) is 10.1 Å². The van der Waals surface area contributed by atoms with Crippen LogP contribution in [0.5, 0.6) is 0 Å². The maximum atomic E-state index is 13.6. The van der Waals surface area contributed by atoms with E-state index in [1.54, 1.807) is 23.5 Å². The van der Waals surface area contributed by atoms with Gasteiger partial charge >= 0.3 is 0 Å². The quantitative estimate of drug-likeness (QED) is 0.427. The van der Waals surface area contributed by atoms with E-state index in [1.165, 1.54) is 10.9 Å². The van der Waals surface area contributed by atoms with Crippen molar-refractivity contribution in [3.05, 3.63) is 81.5 Å². The van der Waals surface area contributed by atoms with E-state index in [4.69, 9.17) is 16.5 Å². The molecule has 9 heteroatoms. The average Bonchev–Trinajstić information content (AvgIpc) is 3.28. The van der Waals surface area contributed by atoms with E-state index in [1.807, 2.05) is 35.8 Å². The number of carbonyl (C=O) groups is 1. The molecular formula is C25H23FN6OS. The molecule has 1 aliphatic heterocycles. The number of aromatic nitrogens is 3. The zero-order valence-corrected chi connectivity index (χ0v) is 19.8. The summed E-state index contributed by atoms with van der Waals surface area (Å²) in [5, 5.41) is 9.58. The summed E-state index contributed by atoms with van der Waals surface area (Å²) < 4.78 is 15.6. The van der Waals surface area contributed by atoms with Crippen molar-refractivity contribution >= 4 is 28.6 Å². The number of carbonyl (C=O) groups excluding carboxylic acids is 1. The molecule has 4 aromatic rings. The Hall–Kier alpha value is -3.85. The third-order valence-electron chi connectivity index (χ3n) is 6.12. The lowest BCUT2D eigenvalue weighted by molar-refractivity contribution is -0.118. The van der Waals surface area contributed by atoms with Crippen molar-refractivity contribution in [3.63, 3.8) is 0 Å². The monoisotopic (exact) mass is 474 g/mol. The topological polar surface area (TPSA) is 112 Å².